The molecule has 1 amide bonds. The standard InChI is InChI=1S/C19H18F3NO3.H3N/c1-12-6-8-16(13(10-12)7-9-17(24)25)23(2)18(26)14-4-3-5-15(11-14)19(20,21)22;/h3-6,8,10-11H,7,9H2,1-2H3,(H,24,25);1H3. The van der Waals surface area contributed by atoms with Gasteiger partial charge in [0, 0.05) is 24.7 Å². The minimum Gasteiger partial charge on any atom is -0.481 e. The Morgan fingerprint density at radius 1 is 1.11 bits per heavy atom. The molecule has 0 radical (unpaired) electrons. The lowest BCUT2D eigenvalue weighted by Gasteiger charge is -2.22. The van der Waals surface area contributed by atoms with E-state index in [1.807, 2.05) is 6.92 Å². The van der Waals surface area contributed by atoms with Gasteiger partial charge in [0.2, 0.25) is 0 Å². The number of amides is 1. The Hall–Kier alpha value is -2.87. The summed E-state index contributed by atoms with van der Waals surface area (Å²) in [6.45, 7) is 1.84. The molecule has 0 saturated heterocycles. The number of aliphatic carboxylic acids is 1. The topological polar surface area (TPSA) is 92.6 Å². The van der Waals surface area contributed by atoms with E-state index in [0.29, 0.717) is 11.3 Å². The normalized spacial score (nSPS) is 10.9. The van der Waals surface area contributed by atoms with Gasteiger partial charge in [-0.05, 0) is 43.2 Å². The van der Waals surface area contributed by atoms with Gasteiger partial charge in [0.15, 0.2) is 0 Å². The first-order valence-electron chi connectivity index (χ1n) is 7.86. The molecule has 0 saturated carbocycles. The summed E-state index contributed by atoms with van der Waals surface area (Å²) >= 11 is 0. The lowest BCUT2D eigenvalue weighted by atomic mass is 10.0. The first-order valence-corrected chi connectivity index (χ1v) is 7.86. The molecule has 2 aromatic carbocycles. The quantitative estimate of drug-likeness (QED) is 0.798. The lowest BCUT2D eigenvalue weighted by Crippen LogP contribution is -2.27. The van der Waals surface area contributed by atoms with Crippen LogP contribution >= 0.6 is 0 Å². The third-order valence-electron chi connectivity index (χ3n) is 3.95. The van der Waals surface area contributed by atoms with Crippen molar-refractivity contribution in [3.05, 3.63) is 64.7 Å². The molecule has 0 atom stereocenters. The van der Waals surface area contributed by atoms with Crippen molar-refractivity contribution in [2.24, 2.45) is 0 Å². The first-order chi connectivity index (χ1) is 12.1. The SMILES string of the molecule is Cc1ccc(N(C)C(=O)c2cccc(C(F)(F)F)c2)c(CCC(=O)O)c1.N. The maximum atomic E-state index is 12.9. The molecule has 0 heterocycles. The smallest absolute Gasteiger partial charge is 0.416 e. The van der Waals surface area contributed by atoms with E-state index in [2.05, 4.69) is 0 Å². The number of alkyl halides is 3. The van der Waals surface area contributed by atoms with E-state index in [4.69, 9.17) is 5.11 Å². The number of carbonyl (C=O) groups excluding carboxylic acids is 1. The van der Waals surface area contributed by atoms with Crippen LogP contribution in [0.3, 0.4) is 0 Å². The van der Waals surface area contributed by atoms with Crippen LogP contribution in [-0.2, 0) is 17.4 Å². The molecule has 2 rings (SSSR count). The van der Waals surface area contributed by atoms with Gasteiger partial charge in [-0.25, -0.2) is 0 Å². The Bertz CT molecular complexity index is 835. The molecule has 146 valence electrons. The zero-order valence-corrected chi connectivity index (χ0v) is 15.0. The number of halogens is 3. The highest BCUT2D eigenvalue weighted by atomic mass is 19.4. The van der Waals surface area contributed by atoms with Crippen LogP contribution in [0.2, 0.25) is 0 Å². The van der Waals surface area contributed by atoms with Crippen LogP contribution in [0.1, 0.15) is 33.5 Å². The number of carboxylic acids is 1. The number of hydrogen-bond acceptors (Lipinski definition) is 3. The number of carboxylic acid groups (broad SMARTS) is 1. The van der Waals surface area contributed by atoms with Crippen molar-refractivity contribution in [3.63, 3.8) is 0 Å². The fraction of sp³-hybridized carbons (Fsp3) is 0.263. The van der Waals surface area contributed by atoms with Crippen molar-refractivity contribution in [3.8, 4) is 0 Å². The number of nitrogens with zero attached hydrogens (tertiary/aromatic N) is 1. The van der Waals surface area contributed by atoms with Gasteiger partial charge < -0.3 is 16.2 Å². The highest BCUT2D eigenvalue weighted by Crippen LogP contribution is 2.30. The highest BCUT2D eigenvalue weighted by molar-refractivity contribution is 6.06. The van der Waals surface area contributed by atoms with Gasteiger partial charge in [0.1, 0.15) is 0 Å². The van der Waals surface area contributed by atoms with E-state index in [1.165, 1.54) is 24.1 Å². The molecule has 0 aromatic heterocycles. The molecule has 8 heteroatoms. The van der Waals surface area contributed by atoms with Crippen molar-refractivity contribution < 1.29 is 27.9 Å². The van der Waals surface area contributed by atoms with Crippen LogP contribution in [0.25, 0.3) is 0 Å². The van der Waals surface area contributed by atoms with Crippen LogP contribution in [0.5, 0.6) is 0 Å². The molecular formula is C19H21F3N2O3. The molecule has 2 aromatic rings. The monoisotopic (exact) mass is 382 g/mol. The Labute approximate surface area is 155 Å². The maximum absolute atomic E-state index is 12.9. The van der Waals surface area contributed by atoms with Gasteiger partial charge in [-0.1, -0.05) is 23.8 Å². The van der Waals surface area contributed by atoms with Gasteiger partial charge in [0.05, 0.1) is 5.56 Å². The summed E-state index contributed by atoms with van der Waals surface area (Å²) in [6.07, 6.45) is -4.43. The second kappa shape index (κ2) is 8.68. The predicted octanol–water partition coefficient (Wildman–Crippen LogP) is 4.47. The minimum atomic E-state index is -4.54. The van der Waals surface area contributed by atoms with Crippen molar-refractivity contribution in [2.75, 3.05) is 11.9 Å². The lowest BCUT2D eigenvalue weighted by molar-refractivity contribution is -0.138. The molecule has 4 N–H and O–H groups in total. The van der Waals surface area contributed by atoms with Crippen LogP contribution < -0.4 is 11.1 Å². The number of rotatable bonds is 5. The van der Waals surface area contributed by atoms with Crippen molar-refractivity contribution in [2.45, 2.75) is 25.9 Å². The van der Waals surface area contributed by atoms with E-state index in [-0.39, 0.29) is 24.6 Å². The summed E-state index contributed by atoms with van der Waals surface area (Å²) < 4.78 is 38.6. The van der Waals surface area contributed by atoms with Crippen molar-refractivity contribution in [1.29, 1.82) is 0 Å². The molecule has 0 fully saturated rings. The molecule has 0 unspecified atom stereocenters. The van der Waals surface area contributed by atoms with Crippen LogP contribution in [-0.4, -0.2) is 24.0 Å². The summed E-state index contributed by atoms with van der Waals surface area (Å²) in [6, 6.07) is 9.41. The first kappa shape index (κ1) is 22.2. The van der Waals surface area contributed by atoms with E-state index >= 15 is 0 Å². The molecule has 5 nitrogen and oxygen atoms in total. The second-order valence-corrected chi connectivity index (χ2v) is 5.97. The largest absolute Gasteiger partial charge is 0.481 e. The van der Waals surface area contributed by atoms with E-state index < -0.39 is 23.6 Å². The van der Waals surface area contributed by atoms with Gasteiger partial charge in [-0.3, -0.25) is 9.59 Å². The van der Waals surface area contributed by atoms with E-state index in [0.717, 1.165) is 17.7 Å². The number of hydrogen-bond donors (Lipinski definition) is 2. The summed E-state index contributed by atoms with van der Waals surface area (Å²) in [5.41, 5.74) is 1.03. The van der Waals surface area contributed by atoms with E-state index in [9.17, 15) is 22.8 Å². The van der Waals surface area contributed by atoms with Crippen LogP contribution in [0.4, 0.5) is 18.9 Å². The molecule has 0 aliphatic carbocycles. The third-order valence-corrected chi connectivity index (χ3v) is 3.95. The summed E-state index contributed by atoms with van der Waals surface area (Å²) in [4.78, 5) is 24.7. The molecule has 0 spiro atoms. The molecule has 0 aliphatic heterocycles. The average Bonchev–Trinajstić information content (AvgIpc) is 2.58. The Balaban J connectivity index is 0.00000364. The summed E-state index contributed by atoms with van der Waals surface area (Å²) in [7, 11) is 1.46. The number of benzene rings is 2. The van der Waals surface area contributed by atoms with E-state index in [1.54, 1.807) is 18.2 Å². The maximum Gasteiger partial charge on any atom is 0.416 e. The van der Waals surface area contributed by atoms with Gasteiger partial charge in [-0.15, -0.1) is 0 Å². The second-order valence-electron chi connectivity index (χ2n) is 5.97. The molecule has 0 bridgehead atoms. The Morgan fingerprint density at radius 3 is 2.37 bits per heavy atom. The fourth-order valence-electron chi connectivity index (χ4n) is 2.61. The zero-order chi connectivity index (χ0) is 19.5. The minimum absolute atomic E-state index is 0. The zero-order valence-electron chi connectivity index (χ0n) is 15.0. The van der Waals surface area contributed by atoms with Crippen LogP contribution in [0, 0.1) is 6.92 Å². The molecular weight excluding hydrogens is 361 g/mol. The Kier molecular flexibility index (Phi) is 7.13. The van der Waals surface area contributed by atoms with Gasteiger partial charge in [0.25, 0.3) is 5.91 Å². The molecule has 27 heavy (non-hydrogen) atoms. The van der Waals surface area contributed by atoms with Crippen LogP contribution in [0.15, 0.2) is 42.5 Å². The van der Waals surface area contributed by atoms with Crippen molar-refractivity contribution in [1.82, 2.24) is 6.15 Å². The van der Waals surface area contributed by atoms with Gasteiger partial charge in [-0.2, -0.15) is 13.2 Å². The molecule has 0 aliphatic rings. The number of carbonyl (C=O) groups is 2. The van der Waals surface area contributed by atoms with Gasteiger partial charge >= 0.3 is 12.1 Å². The average molecular weight is 382 g/mol. The highest BCUT2D eigenvalue weighted by Gasteiger charge is 2.31. The van der Waals surface area contributed by atoms with Crippen molar-refractivity contribution >= 4 is 17.6 Å². The fourth-order valence-corrected chi connectivity index (χ4v) is 2.61. The predicted molar refractivity (Wildman–Crippen MR) is 96.3 cm³/mol. The summed E-state index contributed by atoms with van der Waals surface area (Å²) in [5, 5.41) is 8.88. The number of aryl methyl sites for hydroxylation is 2. The summed E-state index contributed by atoms with van der Waals surface area (Å²) in [5.74, 6) is -1.57. The Morgan fingerprint density at radius 2 is 1.78 bits per heavy atom. The number of anilines is 1. The third kappa shape index (κ3) is 5.55.